The number of hydrogen-bond donors (Lipinski definition) is 1. The van der Waals surface area contributed by atoms with Gasteiger partial charge in [-0.1, -0.05) is 12.1 Å². The molecule has 0 unspecified atom stereocenters. The van der Waals surface area contributed by atoms with Gasteiger partial charge in [-0.3, -0.25) is 4.99 Å². The van der Waals surface area contributed by atoms with Crippen molar-refractivity contribution in [3.8, 4) is 0 Å². The van der Waals surface area contributed by atoms with E-state index >= 15 is 0 Å². The second-order valence-corrected chi connectivity index (χ2v) is 6.32. The Hall–Kier alpha value is -1.03. The average molecular weight is 499 g/mol. The highest BCUT2D eigenvalue weighted by molar-refractivity contribution is 14.0. The van der Waals surface area contributed by atoms with E-state index in [0.717, 1.165) is 62.7 Å². The minimum atomic E-state index is -4.29. The highest BCUT2D eigenvalue weighted by Gasteiger charge is 2.29. The van der Waals surface area contributed by atoms with Gasteiger partial charge in [0.05, 0.1) is 11.7 Å². The number of piperidine rings is 1. The molecule has 0 bridgehead atoms. The van der Waals surface area contributed by atoms with Crippen molar-refractivity contribution in [2.75, 3.05) is 32.8 Å². The quantitative estimate of drug-likeness (QED) is 0.360. The molecule has 1 aliphatic heterocycles. The van der Waals surface area contributed by atoms with E-state index in [2.05, 4.69) is 15.2 Å². The maximum Gasteiger partial charge on any atom is 0.416 e. The van der Waals surface area contributed by atoms with Gasteiger partial charge < -0.3 is 15.0 Å². The van der Waals surface area contributed by atoms with Crippen molar-refractivity contribution in [3.63, 3.8) is 0 Å². The Balaban J connectivity index is 0.00000364. The molecule has 0 atom stereocenters. The lowest BCUT2D eigenvalue weighted by atomic mass is 10.1. The maximum atomic E-state index is 12.6. The fraction of sp³-hybridized carbons (Fsp3) is 0.632. The lowest BCUT2D eigenvalue weighted by molar-refractivity contribution is -0.137. The largest absolute Gasteiger partial charge is 0.416 e. The Kier molecular flexibility index (Phi) is 10.4. The number of aliphatic imine (C=N–C) groups is 1. The van der Waals surface area contributed by atoms with E-state index in [9.17, 15) is 13.2 Å². The molecule has 1 aromatic rings. The third-order valence-electron chi connectivity index (χ3n) is 4.42. The lowest BCUT2D eigenvalue weighted by Gasteiger charge is -2.34. The number of alkyl halides is 3. The van der Waals surface area contributed by atoms with Crippen LogP contribution in [0, 0.1) is 0 Å². The van der Waals surface area contributed by atoms with Gasteiger partial charge in [0.2, 0.25) is 0 Å². The van der Waals surface area contributed by atoms with E-state index in [0.29, 0.717) is 19.1 Å². The van der Waals surface area contributed by atoms with Gasteiger partial charge in [-0.15, -0.1) is 24.0 Å². The number of hydrogen-bond acceptors (Lipinski definition) is 2. The molecular weight excluding hydrogens is 470 g/mol. The molecule has 154 valence electrons. The van der Waals surface area contributed by atoms with Crippen molar-refractivity contribution in [1.82, 2.24) is 10.2 Å². The van der Waals surface area contributed by atoms with E-state index < -0.39 is 11.7 Å². The second-order valence-electron chi connectivity index (χ2n) is 6.32. The van der Waals surface area contributed by atoms with Crippen LogP contribution in [0.3, 0.4) is 0 Å². The fourth-order valence-electron chi connectivity index (χ4n) is 3.05. The number of guanidine groups is 1. The standard InChI is InChI=1S/C19H28F3N3O.HI/c1-3-23-18(25-13-10-17(11-14-25)26-4-2)24-12-9-15-5-7-16(8-6-15)19(20,21)22;/h5-8,17H,3-4,9-14H2,1-2H3,(H,23,24);1H. The molecule has 0 aromatic heterocycles. The van der Waals surface area contributed by atoms with Crippen molar-refractivity contribution < 1.29 is 17.9 Å². The van der Waals surface area contributed by atoms with Gasteiger partial charge in [0, 0.05) is 32.8 Å². The summed E-state index contributed by atoms with van der Waals surface area (Å²) in [6.45, 7) is 7.90. The van der Waals surface area contributed by atoms with Crippen LogP contribution >= 0.6 is 24.0 Å². The fourth-order valence-corrected chi connectivity index (χ4v) is 3.05. The minimum Gasteiger partial charge on any atom is -0.378 e. The molecule has 1 saturated heterocycles. The summed E-state index contributed by atoms with van der Waals surface area (Å²) in [6, 6.07) is 5.31. The topological polar surface area (TPSA) is 36.9 Å². The zero-order valence-corrected chi connectivity index (χ0v) is 18.2. The van der Waals surface area contributed by atoms with Crippen LogP contribution in [0.5, 0.6) is 0 Å². The summed E-state index contributed by atoms with van der Waals surface area (Å²) in [5.74, 6) is 0.870. The van der Waals surface area contributed by atoms with E-state index in [1.54, 1.807) is 0 Å². The van der Waals surface area contributed by atoms with Gasteiger partial charge >= 0.3 is 6.18 Å². The zero-order valence-electron chi connectivity index (χ0n) is 15.9. The first-order valence-electron chi connectivity index (χ1n) is 9.25. The Bertz CT molecular complexity index is 571. The van der Waals surface area contributed by atoms with Crippen molar-refractivity contribution in [1.29, 1.82) is 0 Å². The normalized spacial score (nSPS) is 16.2. The number of benzene rings is 1. The summed E-state index contributed by atoms with van der Waals surface area (Å²) in [5.41, 5.74) is 0.239. The highest BCUT2D eigenvalue weighted by atomic mass is 127. The van der Waals surface area contributed by atoms with Crippen LogP contribution in [-0.4, -0.2) is 49.7 Å². The molecule has 1 N–H and O–H groups in total. The average Bonchev–Trinajstić information content (AvgIpc) is 2.62. The van der Waals surface area contributed by atoms with Crippen molar-refractivity contribution in [2.45, 2.75) is 45.4 Å². The van der Waals surface area contributed by atoms with Crippen LogP contribution < -0.4 is 5.32 Å². The van der Waals surface area contributed by atoms with Gasteiger partial charge in [-0.05, 0) is 50.8 Å². The molecular formula is C19H29F3IN3O. The monoisotopic (exact) mass is 499 g/mol. The third kappa shape index (κ3) is 7.85. The third-order valence-corrected chi connectivity index (χ3v) is 4.42. The number of halogens is 4. The number of nitrogens with zero attached hydrogens (tertiary/aromatic N) is 2. The van der Waals surface area contributed by atoms with Crippen LogP contribution in [0.1, 0.15) is 37.8 Å². The molecule has 1 fully saturated rings. The number of ether oxygens (including phenoxy) is 1. The number of rotatable bonds is 6. The molecule has 8 heteroatoms. The first-order chi connectivity index (χ1) is 12.4. The van der Waals surface area contributed by atoms with Crippen LogP contribution in [0.2, 0.25) is 0 Å². The summed E-state index contributed by atoms with van der Waals surface area (Å²) >= 11 is 0. The molecule has 0 spiro atoms. The van der Waals surface area contributed by atoms with Gasteiger partial charge in [-0.2, -0.15) is 13.2 Å². The molecule has 0 radical (unpaired) electrons. The van der Waals surface area contributed by atoms with Crippen molar-refractivity contribution in [2.24, 2.45) is 4.99 Å². The number of likely N-dealkylation sites (tertiary alicyclic amines) is 1. The Morgan fingerprint density at radius 1 is 1.19 bits per heavy atom. The van der Waals surface area contributed by atoms with Crippen LogP contribution in [0.15, 0.2) is 29.3 Å². The predicted molar refractivity (Wildman–Crippen MR) is 113 cm³/mol. The highest BCUT2D eigenvalue weighted by Crippen LogP contribution is 2.29. The SMILES string of the molecule is CCNC(=NCCc1ccc(C(F)(F)F)cc1)N1CCC(OCC)CC1.I. The smallest absolute Gasteiger partial charge is 0.378 e. The molecule has 0 saturated carbocycles. The second kappa shape index (κ2) is 11.7. The minimum absolute atomic E-state index is 0. The molecule has 1 heterocycles. The lowest BCUT2D eigenvalue weighted by Crippen LogP contribution is -2.47. The summed E-state index contributed by atoms with van der Waals surface area (Å²) in [5, 5.41) is 3.30. The molecule has 1 aliphatic rings. The van der Waals surface area contributed by atoms with E-state index in [4.69, 9.17) is 4.74 Å². The molecule has 27 heavy (non-hydrogen) atoms. The number of nitrogens with one attached hydrogen (secondary N) is 1. The van der Waals surface area contributed by atoms with Crippen LogP contribution in [0.25, 0.3) is 0 Å². The van der Waals surface area contributed by atoms with E-state index in [1.165, 1.54) is 12.1 Å². The van der Waals surface area contributed by atoms with Gasteiger partial charge in [-0.25, -0.2) is 0 Å². The van der Waals surface area contributed by atoms with Crippen LogP contribution in [0.4, 0.5) is 13.2 Å². The maximum absolute atomic E-state index is 12.6. The van der Waals surface area contributed by atoms with Gasteiger partial charge in [0.1, 0.15) is 0 Å². The van der Waals surface area contributed by atoms with Crippen molar-refractivity contribution in [3.05, 3.63) is 35.4 Å². The molecule has 0 amide bonds. The van der Waals surface area contributed by atoms with Crippen LogP contribution in [-0.2, 0) is 17.3 Å². The Morgan fingerprint density at radius 3 is 2.33 bits per heavy atom. The van der Waals surface area contributed by atoms with Gasteiger partial charge in [0.15, 0.2) is 5.96 Å². The van der Waals surface area contributed by atoms with E-state index in [1.807, 2.05) is 13.8 Å². The first kappa shape index (κ1) is 24.0. The Labute approximate surface area is 176 Å². The summed E-state index contributed by atoms with van der Waals surface area (Å²) in [4.78, 5) is 6.87. The first-order valence-corrected chi connectivity index (χ1v) is 9.25. The molecule has 4 nitrogen and oxygen atoms in total. The molecule has 0 aliphatic carbocycles. The Morgan fingerprint density at radius 2 is 1.81 bits per heavy atom. The summed E-state index contributed by atoms with van der Waals surface area (Å²) in [6.07, 6.45) is -1.38. The summed E-state index contributed by atoms with van der Waals surface area (Å²) < 4.78 is 43.5. The molecule has 1 aromatic carbocycles. The zero-order chi connectivity index (χ0) is 19.0. The van der Waals surface area contributed by atoms with E-state index in [-0.39, 0.29) is 24.0 Å². The predicted octanol–water partition coefficient (Wildman–Crippen LogP) is 4.33. The summed E-state index contributed by atoms with van der Waals surface area (Å²) in [7, 11) is 0. The molecule has 2 rings (SSSR count). The van der Waals surface area contributed by atoms with Gasteiger partial charge in [0.25, 0.3) is 0 Å². The van der Waals surface area contributed by atoms with Crippen molar-refractivity contribution >= 4 is 29.9 Å².